The molecule has 146 valence electrons. The minimum absolute atomic E-state index is 0.107. The summed E-state index contributed by atoms with van der Waals surface area (Å²) in [5, 5.41) is 0. The number of nitrogens with zero attached hydrogens (tertiary/aromatic N) is 2. The molecular weight excluding hydrogens is 360 g/mol. The van der Waals surface area contributed by atoms with E-state index in [1.165, 1.54) is 17.0 Å². The monoisotopic (exact) mass is 381 g/mol. The smallest absolute Gasteiger partial charge is 0.414 e. The van der Waals surface area contributed by atoms with Gasteiger partial charge in [-0.3, -0.25) is 4.90 Å². The van der Waals surface area contributed by atoms with Crippen molar-refractivity contribution < 1.29 is 27.8 Å². The molecule has 3 saturated heterocycles. The molecular formula is C18H21F2N3O4. The lowest BCUT2D eigenvalue weighted by Crippen LogP contribution is -2.40. The molecule has 3 aliphatic heterocycles. The Kier molecular flexibility index (Phi) is 3.66. The number of rotatable bonds is 3. The Morgan fingerprint density at radius 1 is 1.15 bits per heavy atom. The van der Waals surface area contributed by atoms with Crippen LogP contribution in [0.1, 0.15) is 12.8 Å². The summed E-state index contributed by atoms with van der Waals surface area (Å²) in [6.45, 7) is 2.11. The van der Waals surface area contributed by atoms with E-state index in [2.05, 4.69) is 0 Å². The summed E-state index contributed by atoms with van der Waals surface area (Å²) in [7, 11) is 0. The van der Waals surface area contributed by atoms with E-state index in [0.717, 1.165) is 12.8 Å². The molecule has 4 fully saturated rings. The lowest BCUT2D eigenvalue weighted by Gasteiger charge is -2.28. The summed E-state index contributed by atoms with van der Waals surface area (Å²) in [4.78, 5) is 14.8. The fraction of sp³-hybridized carbons (Fsp3) is 0.611. The number of benzene rings is 1. The van der Waals surface area contributed by atoms with Crippen LogP contribution in [0.5, 0.6) is 0 Å². The van der Waals surface area contributed by atoms with Crippen LogP contribution in [-0.2, 0) is 14.2 Å². The summed E-state index contributed by atoms with van der Waals surface area (Å²) in [6, 6.07) is 2.33. The summed E-state index contributed by atoms with van der Waals surface area (Å²) in [5.74, 6) is -2.21. The van der Waals surface area contributed by atoms with Gasteiger partial charge in [0.2, 0.25) is 0 Å². The zero-order valence-corrected chi connectivity index (χ0v) is 14.7. The first-order chi connectivity index (χ1) is 13.0. The molecule has 1 atom stereocenters. The molecule has 0 unspecified atom stereocenters. The molecule has 0 radical (unpaired) electrons. The van der Waals surface area contributed by atoms with Crippen molar-refractivity contribution in [3.63, 3.8) is 0 Å². The van der Waals surface area contributed by atoms with Gasteiger partial charge in [-0.15, -0.1) is 0 Å². The summed E-state index contributed by atoms with van der Waals surface area (Å²) >= 11 is 0. The van der Waals surface area contributed by atoms with Gasteiger partial charge in [0, 0.05) is 30.6 Å². The average Bonchev–Trinajstić information content (AvgIpc) is 3.00. The van der Waals surface area contributed by atoms with Crippen molar-refractivity contribution in [2.45, 2.75) is 24.7 Å². The molecule has 7 nitrogen and oxygen atoms in total. The van der Waals surface area contributed by atoms with Gasteiger partial charge in [-0.2, -0.15) is 0 Å². The highest BCUT2D eigenvalue weighted by Gasteiger charge is 2.68. The predicted octanol–water partition coefficient (Wildman–Crippen LogP) is 1.59. The van der Waals surface area contributed by atoms with Gasteiger partial charge in [-0.25, -0.2) is 13.6 Å². The molecule has 1 amide bonds. The van der Waals surface area contributed by atoms with Crippen LogP contribution >= 0.6 is 0 Å². The van der Waals surface area contributed by atoms with Crippen molar-refractivity contribution in [3.05, 3.63) is 23.8 Å². The van der Waals surface area contributed by atoms with Crippen LogP contribution in [0.4, 0.5) is 25.0 Å². The molecule has 0 aromatic heterocycles. The number of cyclic esters (lactones) is 1. The lowest BCUT2D eigenvalue weighted by molar-refractivity contribution is -0.178. The highest BCUT2D eigenvalue weighted by Crippen LogP contribution is 2.62. The second kappa shape index (κ2) is 5.76. The van der Waals surface area contributed by atoms with E-state index in [1.807, 2.05) is 0 Å². The topological polar surface area (TPSA) is 77.3 Å². The molecule has 2 N–H and O–H groups in total. The van der Waals surface area contributed by atoms with Crippen LogP contribution < -0.4 is 15.5 Å². The van der Waals surface area contributed by atoms with Crippen molar-refractivity contribution in [2.75, 3.05) is 49.2 Å². The third kappa shape index (κ3) is 2.45. The maximum absolute atomic E-state index is 14.9. The van der Waals surface area contributed by atoms with Crippen LogP contribution in [0.2, 0.25) is 0 Å². The number of anilines is 2. The van der Waals surface area contributed by atoms with E-state index in [1.54, 1.807) is 4.90 Å². The number of fused-ring (bicyclic) bond motifs is 1. The van der Waals surface area contributed by atoms with E-state index < -0.39 is 29.6 Å². The Hall–Kier alpha value is -1.97. The molecule has 4 aliphatic rings. The van der Waals surface area contributed by atoms with E-state index in [9.17, 15) is 13.6 Å². The van der Waals surface area contributed by atoms with Crippen LogP contribution in [0, 0.1) is 17.0 Å². The lowest BCUT2D eigenvalue weighted by atomic mass is 10.00. The van der Waals surface area contributed by atoms with Crippen LogP contribution in [0.25, 0.3) is 0 Å². The maximum Gasteiger partial charge on any atom is 0.414 e. The zero-order chi connectivity index (χ0) is 18.8. The van der Waals surface area contributed by atoms with Gasteiger partial charge in [-0.05, 0) is 12.8 Å². The molecule has 1 aromatic rings. The molecule has 2 spiro atoms. The Bertz CT molecular complexity index is 772. The first-order valence-corrected chi connectivity index (χ1v) is 9.17. The van der Waals surface area contributed by atoms with Gasteiger partial charge in [0.05, 0.1) is 32.0 Å². The fourth-order valence-corrected chi connectivity index (χ4v) is 4.53. The molecule has 3 heterocycles. The van der Waals surface area contributed by atoms with Gasteiger partial charge < -0.3 is 24.8 Å². The third-order valence-electron chi connectivity index (χ3n) is 6.07. The van der Waals surface area contributed by atoms with E-state index in [0.29, 0.717) is 26.3 Å². The quantitative estimate of drug-likeness (QED) is 0.857. The number of halogens is 2. The van der Waals surface area contributed by atoms with Crippen LogP contribution in [-0.4, -0.2) is 57.4 Å². The Labute approximate surface area is 154 Å². The number of hydrogen-bond acceptors (Lipinski definition) is 6. The molecule has 1 aliphatic carbocycles. The Balaban J connectivity index is 1.44. The standard InChI is InChI=1S/C18H21F2N3O4/c19-13-5-11(23-8-12(7-21)27-16(23)24)6-14(20)15(13)22-9-17(1-2-17)18(10-22)25-3-4-26-18/h5-6,12H,1-4,7-10,21H2/t12-/m0/s1. The van der Waals surface area contributed by atoms with Crippen LogP contribution in [0.15, 0.2) is 12.1 Å². The van der Waals surface area contributed by atoms with Gasteiger partial charge >= 0.3 is 6.09 Å². The second-order valence-electron chi connectivity index (χ2n) is 7.70. The largest absolute Gasteiger partial charge is 0.443 e. The minimum Gasteiger partial charge on any atom is -0.443 e. The Morgan fingerprint density at radius 2 is 1.81 bits per heavy atom. The molecule has 5 rings (SSSR count). The van der Waals surface area contributed by atoms with Crippen molar-refractivity contribution in [2.24, 2.45) is 11.1 Å². The van der Waals surface area contributed by atoms with Gasteiger partial charge in [0.25, 0.3) is 0 Å². The van der Waals surface area contributed by atoms with E-state index in [-0.39, 0.29) is 29.9 Å². The van der Waals surface area contributed by atoms with Crippen molar-refractivity contribution in [3.8, 4) is 0 Å². The van der Waals surface area contributed by atoms with Crippen molar-refractivity contribution in [1.29, 1.82) is 0 Å². The Morgan fingerprint density at radius 3 is 2.37 bits per heavy atom. The van der Waals surface area contributed by atoms with Crippen LogP contribution in [0.3, 0.4) is 0 Å². The highest BCUT2D eigenvalue weighted by molar-refractivity contribution is 5.90. The number of carbonyl (C=O) groups excluding carboxylic acids is 1. The average molecular weight is 381 g/mol. The minimum atomic E-state index is -0.766. The van der Waals surface area contributed by atoms with Crippen molar-refractivity contribution in [1.82, 2.24) is 0 Å². The number of carbonyl (C=O) groups is 1. The maximum atomic E-state index is 14.9. The number of ether oxygens (including phenoxy) is 3. The normalized spacial score (nSPS) is 27.8. The number of amides is 1. The van der Waals surface area contributed by atoms with Gasteiger partial charge in [-0.1, -0.05) is 0 Å². The van der Waals surface area contributed by atoms with Gasteiger partial charge in [0.15, 0.2) is 17.4 Å². The van der Waals surface area contributed by atoms with Crippen molar-refractivity contribution >= 4 is 17.5 Å². The summed E-state index contributed by atoms with van der Waals surface area (Å²) in [6.07, 6.45) is 0.713. The first-order valence-electron chi connectivity index (χ1n) is 9.17. The number of hydrogen-bond donors (Lipinski definition) is 1. The molecule has 1 saturated carbocycles. The first kappa shape index (κ1) is 17.2. The molecule has 9 heteroatoms. The van der Waals surface area contributed by atoms with Gasteiger partial charge in [0.1, 0.15) is 11.8 Å². The third-order valence-corrected chi connectivity index (χ3v) is 6.07. The number of nitrogens with two attached hydrogens (primary N) is 1. The zero-order valence-electron chi connectivity index (χ0n) is 14.7. The van der Waals surface area contributed by atoms with E-state index in [4.69, 9.17) is 19.9 Å². The second-order valence-corrected chi connectivity index (χ2v) is 7.70. The summed E-state index contributed by atoms with van der Waals surface area (Å²) < 4.78 is 46.6. The highest BCUT2D eigenvalue weighted by atomic mass is 19.1. The summed E-state index contributed by atoms with van der Waals surface area (Å²) in [5.41, 5.74) is 5.34. The molecule has 27 heavy (non-hydrogen) atoms. The predicted molar refractivity (Wildman–Crippen MR) is 91.5 cm³/mol. The van der Waals surface area contributed by atoms with E-state index >= 15 is 0 Å². The fourth-order valence-electron chi connectivity index (χ4n) is 4.53. The molecule has 0 bridgehead atoms. The molecule has 1 aromatic carbocycles. The SMILES string of the molecule is NC[C@H]1CN(c2cc(F)c(N3CC4(CC4)C4(C3)OCCO4)c(F)c2)C(=O)O1.